The molecule has 0 unspecified atom stereocenters. The molecular formula is C17H25NO3. The summed E-state index contributed by atoms with van der Waals surface area (Å²) in [6.07, 6.45) is 0.759. The average Bonchev–Trinajstić information content (AvgIpc) is 2.37. The minimum absolute atomic E-state index is 0.0324. The van der Waals surface area contributed by atoms with Crippen molar-refractivity contribution in [1.82, 2.24) is 0 Å². The van der Waals surface area contributed by atoms with Crippen LogP contribution >= 0.6 is 0 Å². The quantitative estimate of drug-likeness (QED) is 0.852. The number of benzene rings is 1. The number of anilines is 1. The van der Waals surface area contributed by atoms with Crippen LogP contribution in [-0.2, 0) is 9.53 Å². The molecule has 1 aromatic carbocycles. The number of amides is 1. The number of rotatable bonds is 4. The molecule has 0 saturated heterocycles. The van der Waals surface area contributed by atoms with Crippen molar-refractivity contribution in [2.75, 3.05) is 5.32 Å². The Morgan fingerprint density at radius 1 is 1.05 bits per heavy atom. The zero-order chi connectivity index (χ0) is 16.3. The van der Waals surface area contributed by atoms with Crippen LogP contribution in [0.3, 0.4) is 0 Å². The zero-order valence-corrected chi connectivity index (χ0v) is 13.7. The summed E-state index contributed by atoms with van der Waals surface area (Å²) in [5, 5.41) is 2.86. The van der Waals surface area contributed by atoms with Crippen LogP contribution in [0.15, 0.2) is 24.3 Å². The lowest BCUT2D eigenvalue weighted by Gasteiger charge is -2.22. The molecule has 0 aliphatic rings. The zero-order valence-electron chi connectivity index (χ0n) is 13.7. The Bertz CT molecular complexity index is 510. The lowest BCUT2D eigenvalue weighted by molar-refractivity contribution is -0.124. The molecule has 21 heavy (non-hydrogen) atoms. The van der Waals surface area contributed by atoms with Crippen LogP contribution in [0.1, 0.15) is 58.3 Å². The molecule has 1 rings (SSSR count). The van der Waals surface area contributed by atoms with Crippen LogP contribution in [0, 0.1) is 5.41 Å². The molecule has 4 heteroatoms. The Balaban J connectivity index is 2.75. The highest BCUT2D eigenvalue weighted by Gasteiger charge is 2.25. The van der Waals surface area contributed by atoms with Gasteiger partial charge in [0.1, 0.15) is 5.60 Å². The van der Waals surface area contributed by atoms with Gasteiger partial charge in [-0.15, -0.1) is 0 Å². The summed E-state index contributed by atoms with van der Waals surface area (Å²) >= 11 is 0. The average molecular weight is 291 g/mol. The van der Waals surface area contributed by atoms with Gasteiger partial charge in [-0.2, -0.15) is 0 Å². The molecule has 116 valence electrons. The van der Waals surface area contributed by atoms with E-state index in [-0.39, 0.29) is 11.9 Å². The molecule has 4 nitrogen and oxygen atoms in total. The van der Waals surface area contributed by atoms with Crippen LogP contribution in [-0.4, -0.2) is 17.5 Å². The first-order valence-corrected chi connectivity index (χ1v) is 7.20. The van der Waals surface area contributed by atoms with Gasteiger partial charge in [0.25, 0.3) is 0 Å². The molecule has 0 bridgehead atoms. The SMILES string of the molecule is CCC(C)(C)C(=O)Nc1ccc(C(=O)OC(C)(C)C)cc1. The fourth-order valence-corrected chi connectivity index (χ4v) is 1.49. The molecule has 0 saturated carbocycles. The molecule has 0 spiro atoms. The van der Waals surface area contributed by atoms with Gasteiger partial charge in [0.15, 0.2) is 0 Å². The van der Waals surface area contributed by atoms with Gasteiger partial charge in [0.05, 0.1) is 5.56 Å². The predicted octanol–water partition coefficient (Wildman–Crippen LogP) is 4.02. The van der Waals surface area contributed by atoms with E-state index in [1.807, 2.05) is 41.5 Å². The van der Waals surface area contributed by atoms with E-state index >= 15 is 0 Å². The van der Waals surface area contributed by atoms with E-state index in [1.54, 1.807) is 24.3 Å². The van der Waals surface area contributed by atoms with Crippen LogP contribution in [0.4, 0.5) is 5.69 Å². The van der Waals surface area contributed by atoms with Crippen molar-refractivity contribution in [3.63, 3.8) is 0 Å². The molecule has 0 radical (unpaired) electrons. The van der Waals surface area contributed by atoms with Crippen molar-refractivity contribution in [3.8, 4) is 0 Å². The molecule has 1 aromatic rings. The van der Waals surface area contributed by atoms with E-state index in [2.05, 4.69) is 5.32 Å². The van der Waals surface area contributed by atoms with Gasteiger partial charge in [-0.05, 0) is 51.5 Å². The Kier molecular flexibility index (Phi) is 5.15. The monoisotopic (exact) mass is 291 g/mol. The molecule has 0 fully saturated rings. The fraction of sp³-hybridized carbons (Fsp3) is 0.529. The normalized spacial score (nSPS) is 11.9. The van der Waals surface area contributed by atoms with Gasteiger partial charge in [0, 0.05) is 11.1 Å². The third-order valence-electron chi connectivity index (χ3n) is 3.28. The maximum Gasteiger partial charge on any atom is 0.338 e. The minimum atomic E-state index is -0.519. The van der Waals surface area contributed by atoms with Gasteiger partial charge in [-0.25, -0.2) is 4.79 Å². The van der Waals surface area contributed by atoms with Crippen molar-refractivity contribution < 1.29 is 14.3 Å². The second-order valence-corrected chi connectivity index (χ2v) is 6.77. The van der Waals surface area contributed by atoms with Crippen molar-refractivity contribution in [1.29, 1.82) is 0 Å². The fourth-order valence-electron chi connectivity index (χ4n) is 1.49. The smallest absolute Gasteiger partial charge is 0.338 e. The summed E-state index contributed by atoms with van der Waals surface area (Å²) in [6.45, 7) is 11.3. The number of carbonyl (C=O) groups is 2. The molecule has 0 aromatic heterocycles. The molecule has 0 aliphatic heterocycles. The maximum absolute atomic E-state index is 12.1. The summed E-state index contributed by atoms with van der Waals surface area (Å²) in [7, 11) is 0. The maximum atomic E-state index is 12.1. The largest absolute Gasteiger partial charge is 0.456 e. The van der Waals surface area contributed by atoms with E-state index < -0.39 is 11.0 Å². The van der Waals surface area contributed by atoms with Gasteiger partial charge in [0.2, 0.25) is 5.91 Å². The van der Waals surface area contributed by atoms with E-state index in [4.69, 9.17) is 4.74 Å². The second-order valence-electron chi connectivity index (χ2n) is 6.77. The molecular weight excluding hydrogens is 266 g/mol. The number of hydrogen-bond donors (Lipinski definition) is 1. The second kappa shape index (κ2) is 6.29. The number of nitrogens with one attached hydrogen (secondary N) is 1. The van der Waals surface area contributed by atoms with E-state index in [9.17, 15) is 9.59 Å². The molecule has 0 aliphatic carbocycles. The highest BCUT2D eigenvalue weighted by Crippen LogP contribution is 2.22. The number of carbonyl (C=O) groups excluding carboxylic acids is 2. The van der Waals surface area contributed by atoms with Crippen LogP contribution < -0.4 is 5.32 Å². The Labute approximate surface area is 126 Å². The predicted molar refractivity (Wildman–Crippen MR) is 84.3 cm³/mol. The van der Waals surface area contributed by atoms with Crippen molar-refractivity contribution in [2.45, 2.75) is 53.6 Å². The highest BCUT2D eigenvalue weighted by atomic mass is 16.6. The molecule has 0 heterocycles. The lowest BCUT2D eigenvalue weighted by atomic mass is 9.89. The van der Waals surface area contributed by atoms with E-state index in [1.165, 1.54) is 0 Å². The number of ether oxygens (including phenoxy) is 1. The van der Waals surface area contributed by atoms with Crippen LogP contribution in [0.25, 0.3) is 0 Å². The van der Waals surface area contributed by atoms with Gasteiger partial charge < -0.3 is 10.1 Å². The summed E-state index contributed by atoms with van der Waals surface area (Å²) in [4.78, 5) is 24.0. The first-order valence-electron chi connectivity index (χ1n) is 7.20. The Morgan fingerprint density at radius 2 is 1.57 bits per heavy atom. The minimum Gasteiger partial charge on any atom is -0.456 e. The summed E-state index contributed by atoms with van der Waals surface area (Å²) in [6, 6.07) is 6.73. The third kappa shape index (κ3) is 5.21. The standard InChI is InChI=1S/C17H25NO3/c1-7-17(5,6)15(20)18-13-10-8-12(9-11-13)14(19)21-16(2,3)4/h8-11H,7H2,1-6H3,(H,18,20). The first kappa shape index (κ1) is 17.2. The molecule has 1 N–H and O–H groups in total. The number of hydrogen-bond acceptors (Lipinski definition) is 3. The summed E-state index contributed by atoms with van der Waals surface area (Å²) in [5.74, 6) is -0.399. The third-order valence-corrected chi connectivity index (χ3v) is 3.28. The first-order chi connectivity index (χ1) is 9.55. The van der Waals surface area contributed by atoms with Crippen molar-refractivity contribution in [3.05, 3.63) is 29.8 Å². The lowest BCUT2D eigenvalue weighted by Crippen LogP contribution is -2.30. The highest BCUT2D eigenvalue weighted by molar-refractivity contribution is 5.95. The van der Waals surface area contributed by atoms with Crippen LogP contribution in [0.2, 0.25) is 0 Å². The topological polar surface area (TPSA) is 55.4 Å². The van der Waals surface area contributed by atoms with Crippen LogP contribution in [0.5, 0.6) is 0 Å². The van der Waals surface area contributed by atoms with E-state index in [0.717, 1.165) is 6.42 Å². The van der Waals surface area contributed by atoms with E-state index in [0.29, 0.717) is 11.3 Å². The summed E-state index contributed by atoms with van der Waals surface area (Å²) < 4.78 is 5.29. The van der Waals surface area contributed by atoms with Gasteiger partial charge >= 0.3 is 5.97 Å². The van der Waals surface area contributed by atoms with Crippen molar-refractivity contribution in [2.24, 2.45) is 5.41 Å². The molecule has 0 atom stereocenters. The Morgan fingerprint density at radius 3 is 2.00 bits per heavy atom. The number of esters is 1. The van der Waals surface area contributed by atoms with Crippen molar-refractivity contribution >= 4 is 17.6 Å². The Hall–Kier alpha value is -1.84. The molecule has 1 amide bonds. The van der Waals surface area contributed by atoms with Gasteiger partial charge in [-0.1, -0.05) is 20.8 Å². The summed E-state index contributed by atoms with van der Waals surface area (Å²) in [5.41, 5.74) is 0.213. The van der Waals surface area contributed by atoms with Gasteiger partial charge in [-0.3, -0.25) is 4.79 Å².